The van der Waals surface area contributed by atoms with E-state index in [1.807, 2.05) is 0 Å². The lowest BCUT2D eigenvalue weighted by Gasteiger charge is -1.98. The van der Waals surface area contributed by atoms with Crippen LogP contribution in [0.4, 0.5) is 0 Å². The number of alkyl halides is 1. The second-order valence-electron chi connectivity index (χ2n) is 2.62. The van der Waals surface area contributed by atoms with Crippen LogP contribution in [0.3, 0.4) is 0 Å². The first-order valence-corrected chi connectivity index (χ1v) is 5.05. The fourth-order valence-corrected chi connectivity index (χ4v) is 1.26. The summed E-state index contributed by atoms with van der Waals surface area (Å²) in [7, 11) is 0. The highest BCUT2D eigenvalue weighted by molar-refractivity contribution is 6.17. The van der Waals surface area contributed by atoms with Gasteiger partial charge in [0.25, 0.3) is 0 Å². The van der Waals surface area contributed by atoms with E-state index in [1.165, 1.54) is 25.7 Å². The van der Waals surface area contributed by atoms with Crippen molar-refractivity contribution in [3.63, 3.8) is 0 Å². The van der Waals surface area contributed by atoms with Gasteiger partial charge in [0.15, 0.2) is 0 Å². The van der Waals surface area contributed by atoms with Crippen molar-refractivity contribution in [2.45, 2.75) is 38.5 Å². The molecule has 0 atom stereocenters. The topological polar surface area (TPSA) is 40.7 Å². The third-order valence-electron chi connectivity index (χ3n) is 1.61. The lowest BCUT2D eigenvalue weighted by molar-refractivity contribution is 0.335. The van der Waals surface area contributed by atoms with Crippen LogP contribution < -0.4 is 0 Å². The van der Waals surface area contributed by atoms with Crippen LogP contribution in [0.5, 0.6) is 0 Å². The Morgan fingerprint density at radius 2 is 1.33 bits per heavy atom. The molecule has 76 valence electrons. The molecular formula is C8H18Cl2O2. The first kappa shape index (κ1) is 15.0. The molecule has 0 rings (SSSR count). The van der Waals surface area contributed by atoms with E-state index in [0.29, 0.717) is 6.61 Å². The van der Waals surface area contributed by atoms with E-state index in [2.05, 4.69) is 4.29 Å². The minimum absolute atomic E-state index is 0. The summed E-state index contributed by atoms with van der Waals surface area (Å²) in [6.45, 7) is 0.678. The monoisotopic (exact) mass is 216 g/mol. The van der Waals surface area contributed by atoms with Gasteiger partial charge in [-0.05, 0) is 12.8 Å². The average molecular weight is 217 g/mol. The molecule has 0 amide bonds. The van der Waals surface area contributed by atoms with Crippen molar-refractivity contribution in [1.82, 2.24) is 0 Å². The third-order valence-corrected chi connectivity index (χ3v) is 2.03. The van der Waals surface area contributed by atoms with Crippen LogP contribution in [0.25, 0.3) is 0 Å². The second kappa shape index (κ2) is 14.0. The molecule has 0 spiro atoms. The summed E-state index contributed by atoms with van der Waals surface area (Å²) in [6.07, 6.45) is 7.25. The zero-order valence-electron chi connectivity index (χ0n) is 7.32. The maximum Gasteiger partial charge on any atom is 0.0682 e. The largest absolute Gasteiger partial charge is 0.412 e. The number of rotatable bonds is 8. The second-order valence-corrected chi connectivity index (χ2v) is 3.22. The van der Waals surface area contributed by atoms with Crippen LogP contribution in [0.15, 0.2) is 0 Å². The molecule has 0 aliphatic heterocycles. The van der Waals surface area contributed by atoms with Gasteiger partial charge in [0.05, 0.1) is 18.5 Å². The Morgan fingerprint density at radius 3 is 1.83 bits per heavy atom. The van der Waals surface area contributed by atoms with Crippen molar-refractivity contribution in [3.05, 3.63) is 0 Å². The van der Waals surface area contributed by atoms with E-state index in [-0.39, 0.29) is 5.48 Å². The van der Waals surface area contributed by atoms with Crippen molar-refractivity contribution in [2.75, 3.05) is 12.5 Å². The van der Waals surface area contributed by atoms with Crippen molar-refractivity contribution < 1.29 is 9.77 Å². The molecule has 0 saturated heterocycles. The zero-order valence-corrected chi connectivity index (χ0v) is 8.83. The maximum atomic E-state index is 5.53. The van der Waals surface area contributed by atoms with Gasteiger partial charge in [0.1, 0.15) is 0 Å². The lowest BCUT2D eigenvalue weighted by atomic mass is 10.1. The Labute approximate surface area is 84.7 Å². The molecule has 2 N–H and O–H groups in total. The van der Waals surface area contributed by atoms with Crippen LogP contribution in [0.2, 0.25) is 0 Å². The van der Waals surface area contributed by atoms with Crippen molar-refractivity contribution in [2.24, 2.45) is 0 Å². The molecule has 12 heavy (non-hydrogen) atoms. The van der Waals surface area contributed by atoms with Gasteiger partial charge >= 0.3 is 0 Å². The standard InChI is InChI=1S/C8H16Cl2O.H2O/c9-7-5-3-1-2-4-6-8-11-10;/h1-8H2;1H2. The SMILES string of the molecule is ClCCCCCCCCOCl.O. The molecular weight excluding hydrogens is 199 g/mol. The Kier molecular flexibility index (Phi) is 17.6. The fourth-order valence-electron chi connectivity index (χ4n) is 0.958. The molecule has 0 aliphatic carbocycles. The molecule has 0 fully saturated rings. The van der Waals surface area contributed by atoms with Gasteiger partial charge in [-0.25, -0.2) is 0 Å². The molecule has 0 aliphatic rings. The van der Waals surface area contributed by atoms with E-state index >= 15 is 0 Å². The van der Waals surface area contributed by atoms with Gasteiger partial charge in [-0.3, -0.25) is 4.29 Å². The highest BCUT2D eigenvalue weighted by atomic mass is 35.5. The number of halogens is 2. The minimum Gasteiger partial charge on any atom is -0.412 e. The minimum atomic E-state index is 0. The summed E-state index contributed by atoms with van der Waals surface area (Å²) in [5.74, 6) is 0.796. The fraction of sp³-hybridized carbons (Fsp3) is 1.00. The van der Waals surface area contributed by atoms with Crippen molar-refractivity contribution in [3.8, 4) is 0 Å². The highest BCUT2D eigenvalue weighted by Gasteiger charge is 1.90. The number of unbranched alkanes of at least 4 members (excludes halogenated alkanes) is 5. The molecule has 0 heterocycles. The molecule has 0 radical (unpaired) electrons. The van der Waals surface area contributed by atoms with Crippen LogP contribution >= 0.6 is 23.5 Å². The third kappa shape index (κ3) is 13.1. The van der Waals surface area contributed by atoms with Crippen LogP contribution in [0, 0.1) is 0 Å². The van der Waals surface area contributed by atoms with E-state index in [0.717, 1.165) is 18.7 Å². The normalized spacial score (nSPS) is 9.50. The molecule has 0 aromatic rings. The van der Waals surface area contributed by atoms with E-state index < -0.39 is 0 Å². The summed E-state index contributed by atoms with van der Waals surface area (Å²) in [4.78, 5) is 0. The first-order valence-electron chi connectivity index (χ1n) is 4.21. The quantitative estimate of drug-likeness (QED) is 0.455. The van der Waals surface area contributed by atoms with Gasteiger partial charge in [0, 0.05) is 5.88 Å². The van der Waals surface area contributed by atoms with Crippen LogP contribution in [-0.4, -0.2) is 18.0 Å². The lowest BCUT2D eigenvalue weighted by Crippen LogP contribution is -1.85. The van der Waals surface area contributed by atoms with Crippen molar-refractivity contribution >= 4 is 23.5 Å². The van der Waals surface area contributed by atoms with Gasteiger partial charge in [-0.2, -0.15) is 0 Å². The van der Waals surface area contributed by atoms with Gasteiger partial charge in [-0.15, -0.1) is 11.6 Å². The molecule has 0 aromatic heterocycles. The number of hydrogen-bond acceptors (Lipinski definition) is 1. The van der Waals surface area contributed by atoms with Crippen LogP contribution in [0.1, 0.15) is 38.5 Å². The van der Waals surface area contributed by atoms with Gasteiger partial charge in [-0.1, -0.05) is 25.7 Å². The summed E-state index contributed by atoms with van der Waals surface area (Å²) in [6, 6.07) is 0. The highest BCUT2D eigenvalue weighted by Crippen LogP contribution is 2.06. The van der Waals surface area contributed by atoms with Gasteiger partial charge < -0.3 is 5.48 Å². The van der Waals surface area contributed by atoms with E-state index in [4.69, 9.17) is 23.5 Å². The summed E-state index contributed by atoms with van der Waals surface area (Å²) in [5.41, 5.74) is 0. The zero-order chi connectivity index (χ0) is 8.36. The van der Waals surface area contributed by atoms with E-state index in [9.17, 15) is 0 Å². The Bertz CT molecular complexity index is 64.1. The maximum absolute atomic E-state index is 5.53. The Morgan fingerprint density at radius 1 is 0.833 bits per heavy atom. The van der Waals surface area contributed by atoms with Gasteiger partial charge in [0.2, 0.25) is 0 Å². The molecule has 0 bridgehead atoms. The summed E-state index contributed by atoms with van der Waals surface area (Å²) < 4.78 is 4.42. The molecule has 0 aromatic carbocycles. The van der Waals surface area contributed by atoms with Crippen molar-refractivity contribution in [1.29, 1.82) is 0 Å². The predicted octanol–water partition coefficient (Wildman–Crippen LogP) is 2.91. The molecule has 2 nitrogen and oxygen atoms in total. The molecule has 4 heteroatoms. The summed E-state index contributed by atoms with van der Waals surface area (Å²) in [5, 5.41) is 0. The van der Waals surface area contributed by atoms with E-state index in [1.54, 1.807) is 0 Å². The Balaban J connectivity index is 0. The first-order chi connectivity index (χ1) is 5.41. The number of hydrogen-bond donors (Lipinski definition) is 0. The predicted molar refractivity (Wildman–Crippen MR) is 53.8 cm³/mol. The Hall–Kier alpha value is 0.500. The molecule has 0 unspecified atom stereocenters. The van der Waals surface area contributed by atoms with Crippen LogP contribution in [-0.2, 0) is 4.29 Å². The average Bonchev–Trinajstić information content (AvgIpc) is 2.03. The molecule has 0 saturated carbocycles. The smallest absolute Gasteiger partial charge is 0.0682 e. The summed E-state index contributed by atoms with van der Waals surface area (Å²) >= 11 is 10.6.